The summed E-state index contributed by atoms with van der Waals surface area (Å²) in [5.41, 5.74) is 0. The molecule has 0 aromatic carbocycles. The highest BCUT2D eigenvalue weighted by Crippen LogP contribution is 2.18. The van der Waals surface area contributed by atoms with Gasteiger partial charge in [0.25, 0.3) is 0 Å². The molecule has 2 aliphatic heterocycles. The molecule has 21 heavy (non-hydrogen) atoms. The van der Waals surface area contributed by atoms with Crippen LogP contribution in [-0.2, 0) is 19.1 Å². The highest BCUT2D eigenvalue weighted by atomic mass is 16.5. The number of carbonyl (C=O) groups is 2. The molecule has 2 rings (SSSR count). The van der Waals surface area contributed by atoms with Crippen LogP contribution in [-0.4, -0.2) is 62.3 Å². The normalized spacial score (nSPS) is 23.5. The average molecular weight is 298 g/mol. The zero-order chi connectivity index (χ0) is 15.2. The van der Waals surface area contributed by atoms with Gasteiger partial charge in [-0.25, -0.2) is 0 Å². The Morgan fingerprint density at radius 3 is 2.38 bits per heavy atom. The summed E-state index contributed by atoms with van der Waals surface area (Å²) in [7, 11) is 1.42. The molecule has 0 spiro atoms. The van der Waals surface area contributed by atoms with Crippen LogP contribution >= 0.6 is 0 Å². The number of nitrogens with zero attached hydrogens (tertiary/aromatic N) is 1. The molecule has 6 nitrogen and oxygen atoms in total. The maximum Gasteiger partial charge on any atom is 0.322 e. The van der Waals surface area contributed by atoms with Gasteiger partial charge in [-0.1, -0.05) is 0 Å². The summed E-state index contributed by atoms with van der Waals surface area (Å²) >= 11 is 0. The maximum absolute atomic E-state index is 12.2. The van der Waals surface area contributed by atoms with Crippen LogP contribution in [0.4, 0.5) is 0 Å². The Bertz CT molecular complexity index is 361. The number of likely N-dealkylation sites (tertiary alicyclic amines) is 1. The van der Waals surface area contributed by atoms with Gasteiger partial charge in [0, 0.05) is 38.3 Å². The van der Waals surface area contributed by atoms with Gasteiger partial charge in [0.05, 0.1) is 7.11 Å². The number of ether oxygens (including phenoxy) is 2. The van der Waals surface area contributed by atoms with E-state index in [-0.39, 0.29) is 29.9 Å². The molecule has 0 aromatic heterocycles. The van der Waals surface area contributed by atoms with Crippen molar-refractivity contribution < 1.29 is 19.1 Å². The predicted octanol–water partition coefficient (Wildman–Crippen LogP) is 0.555. The standard InChI is InChI=1S/C15H26N2O4/c1-11(15(19)20-2)17-7-3-13(4-8-17)16-14(18)12-5-9-21-10-6-12/h11-13H,3-10H2,1-2H3,(H,16,18)/t11-/m1/s1. The summed E-state index contributed by atoms with van der Waals surface area (Å²) in [5.74, 6) is 0.0724. The Morgan fingerprint density at radius 1 is 1.19 bits per heavy atom. The van der Waals surface area contributed by atoms with Crippen LogP contribution in [0.5, 0.6) is 0 Å². The van der Waals surface area contributed by atoms with Crippen molar-refractivity contribution in [2.75, 3.05) is 33.4 Å². The summed E-state index contributed by atoms with van der Waals surface area (Å²) in [6.07, 6.45) is 3.42. The summed E-state index contributed by atoms with van der Waals surface area (Å²) < 4.78 is 10.1. The lowest BCUT2D eigenvalue weighted by molar-refractivity contribution is -0.147. The minimum atomic E-state index is -0.206. The van der Waals surface area contributed by atoms with E-state index in [9.17, 15) is 9.59 Å². The molecule has 0 unspecified atom stereocenters. The molecule has 6 heteroatoms. The lowest BCUT2D eigenvalue weighted by atomic mass is 9.97. The first-order chi connectivity index (χ1) is 10.1. The number of hydrogen-bond donors (Lipinski definition) is 1. The van der Waals surface area contributed by atoms with Gasteiger partial charge in [-0.15, -0.1) is 0 Å². The number of piperidine rings is 1. The number of carbonyl (C=O) groups excluding carboxylic acids is 2. The average Bonchev–Trinajstić information content (AvgIpc) is 2.55. The highest BCUT2D eigenvalue weighted by Gasteiger charge is 2.29. The highest BCUT2D eigenvalue weighted by molar-refractivity contribution is 5.79. The van der Waals surface area contributed by atoms with E-state index in [1.807, 2.05) is 6.92 Å². The molecular formula is C15H26N2O4. The third-order valence-electron chi connectivity index (χ3n) is 4.56. The second kappa shape index (κ2) is 7.75. The quantitative estimate of drug-likeness (QED) is 0.768. The van der Waals surface area contributed by atoms with Crippen molar-refractivity contribution in [2.24, 2.45) is 5.92 Å². The van der Waals surface area contributed by atoms with E-state index >= 15 is 0 Å². The van der Waals surface area contributed by atoms with E-state index in [0.717, 1.165) is 38.8 Å². The van der Waals surface area contributed by atoms with Crippen LogP contribution in [0.1, 0.15) is 32.6 Å². The number of rotatable bonds is 4. The summed E-state index contributed by atoms with van der Waals surface area (Å²) in [4.78, 5) is 25.8. The van der Waals surface area contributed by atoms with Gasteiger partial charge in [-0.3, -0.25) is 14.5 Å². The van der Waals surface area contributed by atoms with Crippen molar-refractivity contribution in [3.8, 4) is 0 Å². The largest absolute Gasteiger partial charge is 0.468 e. The van der Waals surface area contributed by atoms with Gasteiger partial charge in [-0.05, 0) is 32.6 Å². The topological polar surface area (TPSA) is 67.9 Å². The Labute approximate surface area is 126 Å². The molecule has 0 saturated carbocycles. The third-order valence-corrected chi connectivity index (χ3v) is 4.56. The lowest BCUT2D eigenvalue weighted by Gasteiger charge is -2.35. The molecule has 1 N–H and O–H groups in total. The molecule has 0 aromatic rings. The van der Waals surface area contributed by atoms with Crippen LogP contribution in [0.3, 0.4) is 0 Å². The summed E-state index contributed by atoms with van der Waals surface area (Å²) in [6, 6.07) is 0.0172. The molecule has 2 fully saturated rings. The predicted molar refractivity (Wildman–Crippen MR) is 77.8 cm³/mol. The van der Waals surface area contributed by atoms with Crippen molar-refractivity contribution in [2.45, 2.75) is 44.7 Å². The SMILES string of the molecule is COC(=O)[C@@H](C)N1CCC(NC(=O)C2CCOCC2)CC1. The number of methoxy groups -OCH3 is 1. The van der Waals surface area contributed by atoms with Gasteiger partial charge >= 0.3 is 5.97 Å². The van der Waals surface area contributed by atoms with Crippen molar-refractivity contribution >= 4 is 11.9 Å². The van der Waals surface area contributed by atoms with Crippen molar-refractivity contribution in [1.29, 1.82) is 0 Å². The van der Waals surface area contributed by atoms with Gasteiger partial charge < -0.3 is 14.8 Å². The molecule has 120 valence electrons. The fourth-order valence-electron chi connectivity index (χ4n) is 3.03. The number of amides is 1. The zero-order valence-electron chi connectivity index (χ0n) is 13.0. The Kier molecular flexibility index (Phi) is 5.99. The first-order valence-corrected chi connectivity index (χ1v) is 7.81. The van der Waals surface area contributed by atoms with Crippen LogP contribution in [0.15, 0.2) is 0 Å². The summed E-state index contributed by atoms with van der Waals surface area (Å²) in [6.45, 7) is 4.87. The van der Waals surface area contributed by atoms with Crippen molar-refractivity contribution in [3.63, 3.8) is 0 Å². The third kappa shape index (κ3) is 4.41. The first-order valence-electron chi connectivity index (χ1n) is 7.81. The van der Waals surface area contributed by atoms with E-state index in [1.165, 1.54) is 7.11 Å². The van der Waals surface area contributed by atoms with E-state index in [2.05, 4.69) is 10.2 Å². The van der Waals surface area contributed by atoms with E-state index < -0.39 is 0 Å². The number of esters is 1. The monoisotopic (exact) mass is 298 g/mol. The maximum atomic E-state index is 12.2. The molecule has 1 atom stereocenters. The van der Waals surface area contributed by atoms with Gasteiger partial charge in [0.1, 0.15) is 6.04 Å². The van der Waals surface area contributed by atoms with E-state index in [1.54, 1.807) is 0 Å². The molecule has 2 saturated heterocycles. The number of nitrogens with one attached hydrogen (secondary N) is 1. The second-order valence-corrected chi connectivity index (χ2v) is 5.90. The minimum absolute atomic E-state index is 0.103. The molecule has 0 aliphatic carbocycles. The van der Waals surface area contributed by atoms with Crippen LogP contribution in [0.25, 0.3) is 0 Å². The summed E-state index contributed by atoms with van der Waals surface area (Å²) in [5, 5.41) is 3.15. The minimum Gasteiger partial charge on any atom is -0.468 e. The van der Waals surface area contributed by atoms with E-state index in [4.69, 9.17) is 9.47 Å². The lowest BCUT2D eigenvalue weighted by Crippen LogP contribution is -2.50. The Morgan fingerprint density at radius 2 is 1.81 bits per heavy atom. The van der Waals surface area contributed by atoms with Gasteiger partial charge in [0.15, 0.2) is 0 Å². The zero-order valence-corrected chi connectivity index (χ0v) is 13.0. The first kappa shape index (κ1) is 16.2. The molecule has 2 aliphatic rings. The van der Waals surface area contributed by atoms with Crippen LogP contribution in [0.2, 0.25) is 0 Å². The molecule has 0 radical (unpaired) electrons. The van der Waals surface area contributed by atoms with E-state index in [0.29, 0.717) is 13.2 Å². The molecular weight excluding hydrogens is 272 g/mol. The van der Waals surface area contributed by atoms with Gasteiger partial charge in [-0.2, -0.15) is 0 Å². The smallest absolute Gasteiger partial charge is 0.322 e. The number of hydrogen-bond acceptors (Lipinski definition) is 5. The van der Waals surface area contributed by atoms with Crippen LogP contribution < -0.4 is 5.32 Å². The van der Waals surface area contributed by atoms with Crippen LogP contribution in [0, 0.1) is 5.92 Å². The van der Waals surface area contributed by atoms with Crippen molar-refractivity contribution in [1.82, 2.24) is 10.2 Å². The van der Waals surface area contributed by atoms with Gasteiger partial charge in [0.2, 0.25) is 5.91 Å². The Balaban J connectivity index is 1.73. The fraction of sp³-hybridized carbons (Fsp3) is 0.867. The fourth-order valence-corrected chi connectivity index (χ4v) is 3.03. The molecule has 0 bridgehead atoms. The van der Waals surface area contributed by atoms with Crippen molar-refractivity contribution in [3.05, 3.63) is 0 Å². The molecule has 2 heterocycles. The second-order valence-electron chi connectivity index (χ2n) is 5.90. The Hall–Kier alpha value is -1.14. The molecule has 1 amide bonds.